The molecule has 0 bridgehead atoms. The van der Waals surface area contributed by atoms with Gasteiger partial charge in [0.05, 0.1) is 16.1 Å². The molecule has 4 aromatic rings. The van der Waals surface area contributed by atoms with E-state index in [9.17, 15) is 13.2 Å². The van der Waals surface area contributed by atoms with E-state index in [0.29, 0.717) is 21.9 Å². The van der Waals surface area contributed by atoms with Gasteiger partial charge in [0.25, 0.3) is 10.0 Å². The van der Waals surface area contributed by atoms with E-state index < -0.39 is 15.8 Å². The highest BCUT2D eigenvalue weighted by Crippen LogP contribution is 2.34. The molecule has 0 aliphatic rings. The molecule has 0 saturated heterocycles. The van der Waals surface area contributed by atoms with Gasteiger partial charge in [-0.25, -0.2) is 13.2 Å². The minimum absolute atomic E-state index is 0.0293. The highest BCUT2D eigenvalue weighted by atomic mass is 35.5. The molecule has 0 aliphatic carbocycles. The molecule has 1 heterocycles. The fraction of sp³-hybridized carbons (Fsp3) is 0.0500. The molecule has 0 atom stereocenters. The van der Waals surface area contributed by atoms with Crippen molar-refractivity contribution < 1.29 is 17.6 Å². The Labute approximate surface area is 170 Å². The van der Waals surface area contributed by atoms with Crippen LogP contribution in [0.5, 0.6) is 11.5 Å². The van der Waals surface area contributed by atoms with Gasteiger partial charge in [-0.05, 0) is 48.9 Å². The molecule has 0 radical (unpaired) electrons. The van der Waals surface area contributed by atoms with Crippen molar-refractivity contribution in [3.8, 4) is 11.5 Å². The smallest absolute Gasteiger partial charge is 0.417 e. The van der Waals surface area contributed by atoms with Crippen molar-refractivity contribution in [2.45, 2.75) is 11.8 Å². The number of oxazole rings is 1. The number of hydrogen-bond donors (Lipinski definition) is 2. The number of para-hydroxylation sites is 1. The predicted molar refractivity (Wildman–Crippen MR) is 110 cm³/mol. The van der Waals surface area contributed by atoms with Crippen LogP contribution in [-0.2, 0) is 10.0 Å². The van der Waals surface area contributed by atoms with Gasteiger partial charge in [-0.2, -0.15) is 0 Å². The third-order valence-electron chi connectivity index (χ3n) is 4.16. The number of H-pyrrole nitrogens is 1. The number of halogens is 1. The number of benzene rings is 3. The number of aromatic nitrogens is 1. The minimum Gasteiger partial charge on any atom is -0.455 e. The number of sulfonamides is 1. The summed E-state index contributed by atoms with van der Waals surface area (Å²) in [5.74, 6) is 0.174. The number of ether oxygens (including phenoxy) is 1. The minimum atomic E-state index is -4.02. The topological polar surface area (TPSA) is 101 Å². The molecule has 29 heavy (non-hydrogen) atoms. The van der Waals surface area contributed by atoms with Crippen LogP contribution in [0, 0.1) is 6.92 Å². The molecule has 9 heteroatoms. The number of anilines is 1. The van der Waals surface area contributed by atoms with E-state index in [-0.39, 0.29) is 21.9 Å². The van der Waals surface area contributed by atoms with Crippen LogP contribution in [0.25, 0.3) is 11.1 Å². The Morgan fingerprint density at radius 2 is 1.83 bits per heavy atom. The van der Waals surface area contributed by atoms with Crippen molar-refractivity contribution in [2.75, 3.05) is 4.72 Å². The first-order valence-electron chi connectivity index (χ1n) is 8.50. The number of rotatable bonds is 5. The standard InChI is InChI=1S/C20H15ClN2O5S/c1-12-9-15-18(28-20(24)22-15)11-19(12)29(25,26)23-16-10-13(21)7-8-17(16)27-14-5-3-2-4-6-14/h2-11,23H,1H3,(H,22,24). The number of fused-ring (bicyclic) bond motifs is 1. The van der Waals surface area contributed by atoms with Crippen molar-refractivity contribution in [3.05, 3.63) is 81.8 Å². The molecule has 148 valence electrons. The lowest BCUT2D eigenvalue weighted by Crippen LogP contribution is -2.15. The second kappa shape index (κ2) is 7.31. The maximum Gasteiger partial charge on any atom is 0.417 e. The second-order valence-electron chi connectivity index (χ2n) is 6.29. The summed E-state index contributed by atoms with van der Waals surface area (Å²) in [7, 11) is -4.02. The van der Waals surface area contributed by atoms with E-state index in [1.54, 1.807) is 43.3 Å². The molecule has 0 fully saturated rings. The fourth-order valence-electron chi connectivity index (χ4n) is 2.86. The molecule has 3 aromatic carbocycles. The Kier molecular flexibility index (Phi) is 4.81. The Morgan fingerprint density at radius 3 is 2.59 bits per heavy atom. The van der Waals surface area contributed by atoms with Crippen LogP contribution in [0.1, 0.15) is 5.56 Å². The molecular formula is C20H15ClN2O5S. The quantitative estimate of drug-likeness (QED) is 0.478. The summed E-state index contributed by atoms with van der Waals surface area (Å²) in [5, 5.41) is 0.340. The van der Waals surface area contributed by atoms with Gasteiger partial charge < -0.3 is 9.15 Å². The van der Waals surface area contributed by atoms with Gasteiger partial charge in [0, 0.05) is 11.1 Å². The summed E-state index contributed by atoms with van der Waals surface area (Å²) in [5.41, 5.74) is 1.18. The van der Waals surface area contributed by atoms with Crippen molar-refractivity contribution >= 4 is 38.4 Å². The van der Waals surface area contributed by atoms with E-state index in [4.69, 9.17) is 20.8 Å². The average Bonchev–Trinajstić information content (AvgIpc) is 3.02. The largest absolute Gasteiger partial charge is 0.455 e. The molecule has 1 aromatic heterocycles. The third kappa shape index (κ3) is 3.98. The highest BCUT2D eigenvalue weighted by Gasteiger charge is 2.21. The molecule has 0 unspecified atom stereocenters. The summed E-state index contributed by atoms with van der Waals surface area (Å²) >= 11 is 6.06. The van der Waals surface area contributed by atoms with E-state index in [1.165, 1.54) is 18.2 Å². The molecule has 0 aliphatic heterocycles. The molecule has 0 saturated carbocycles. The first kappa shape index (κ1) is 19.1. The zero-order valence-electron chi connectivity index (χ0n) is 15.1. The SMILES string of the molecule is Cc1cc2[nH]c(=O)oc2cc1S(=O)(=O)Nc1cc(Cl)ccc1Oc1ccccc1. The second-order valence-corrected chi connectivity index (χ2v) is 8.38. The first-order valence-corrected chi connectivity index (χ1v) is 10.4. The van der Waals surface area contributed by atoms with Crippen LogP contribution in [-0.4, -0.2) is 13.4 Å². The molecular weight excluding hydrogens is 416 g/mol. The van der Waals surface area contributed by atoms with Gasteiger partial charge in [-0.1, -0.05) is 29.8 Å². The summed E-state index contributed by atoms with van der Waals surface area (Å²) in [6, 6.07) is 16.4. The predicted octanol–water partition coefficient (Wildman–Crippen LogP) is 4.68. The first-order chi connectivity index (χ1) is 13.8. The lowest BCUT2D eigenvalue weighted by molar-refractivity contribution is 0.485. The Morgan fingerprint density at radius 1 is 1.07 bits per heavy atom. The number of aryl methyl sites for hydroxylation is 1. The number of hydrogen-bond acceptors (Lipinski definition) is 5. The zero-order valence-corrected chi connectivity index (χ0v) is 16.7. The van der Waals surface area contributed by atoms with Gasteiger partial charge in [0.15, 0.2) is 11.3 Å². The monoisotopic (exact) mass is 430 g/mol. The van der Waals surface area contributed by atoms with Crippen molar-refractivity contribution in [1.82, 2.24) is 4.98 Å². The zero-order chi connectivity index (χ0) is 20.6. The molecule has 0 amide bonds. The van der Waals surface area contributed by atoms with Crippen molar-refractivity contribution in [3.63, 3.8) is 0 Å². The van der Waals surface area contributed by atoms with E-state index in [0.717, 1.165) is 0 Å². The van der Waals surface area contributed by atoms with Gasteiger partial charge in [0.1, 0.15) is 5.75 Å². The Balaban J connectivity index is 1.74. The van der Waals surface area contributed by atoms with Crippen LogP contribution in [0.2, 0.25) is 5.02 Å². The van der Waals surface area contributed by atoms with Crippen molar-refractivity contribution in [1.29, 1.82) is 0 Å². The van der Waals surface area contributed by atoms with E-state index in [1.807, 2.05) is 6.07 Å². The molecule has 0 spiro atoms. The summed E-state index contributed by atoms with van der Waals surface area (Å²) in [4.78, 5) is 13.9. The van der Waals surface area contributed by atoms with Crippen LogP contribution in [0.3, 0.4) is 0 Å². The van der Waals surface area contributed by atoms with Crippen LogP contribution < -0.4 is 15.2 Å². The van der Waals surface area contributed by atoms with Gasteiger partial charge in [-0.3, -0.25) is 9.71 Å². The van der Waals surface area contributed by atoms with Gasteiger partial charge in [0.2, 0.25) is 0 Å². The average molecular weight is 431 g/mol. The fourth-order valence-corrected chi connectivity index (χ4v) is 4.34. The molecule has 2 N–H and O–H groups in total. The highest BCUT2D eigenvalue weighted by molar-refractivity contribution is 7.92. The van der Waals surface area contributed by atoms with Crippen LogP contribution >= 0.6 is 11.6 Å². The van der Waals surface area contributed by atoms with E-state index in [2.05, 4.69) is 9.71 Å². The number of aromatic amines is 1. The normalized spacial score (nSPS) is 11.5. The lowest BCUT2D eigenvalue weighted by atomic mass is 10.2. The maximum absolute atomic E-state index is 13.0. The Bertz CT molecular complexity index is 1360. The van der Waals surface area contributed by atoms with E-state index >= 15 is 0 Å². The molecule has 7 nitrogen and oxygen atoms in total. The Hall–Kier alpha value is -3.23. The maximum atomic E-state index is 13.0. The number of nitrogens with one attached hydrogen (secondary N) is 2. The van der Waals surface area contributed by atoms with Gasteiger partial charge >= 0.3 is 5.76 Å². The summed E-state index contributed by atoms with van der Waals surface area (Å²) in [6.45, 7) is 1.62. The lowest BCUT2D eigenvalue weighted by Gasteiger charge is -2.15. The van der Waals surface area contributed by atoms with Crippen LogP contribution in [0.15, 0.2) is 74.8 Å². The third-order valence-corrected chi connectivity index (χ3v) is 5.91. The van der Waals surface area contributed by atoms with Crippen molar-refractivity contribution in [2.24, 2.45) is 0 Å². The summed E-state index contributed by atoms with van der Waals surface area (Å²) < 4.78 is 39.4. The van der Waals surface area contributed by atoms with Gasteiger partial charge in [-0.15, -0.1) is 0 Å². The molecule has 4 rings (SSSR count). The summed E-state index contributed by atoms with van der Waals surface area (Å²) in [6.07, 6.45) is 0. The van der Waals surface area contributed by atoms with Crippen LogP contribution in [0.4, 0.5) is 5.69 Å².